The van der Waals surface area contributed by atoms with Crippen LogP contribution in [0.25, 0.3) is 11.9 Å². The number of benzene rings is 1. The van der Waals surface area contributed by atoms with E-state index in [-0.39, 0.29) is 18.2 Å². The lowest BCUT2D eigenvalue weighted by Crippen LogP contribution is -2.40. The topological polar surface area (TPSA) is 116 Å². The third kappa shape index (κ3) is 5.11. The van der Waals surface area contributed by atoms with Crippen LogP contribution in [0.4, 0.5) is 8.78 Å². The third-order valence-electron chi connectivity index (χ3n) is 4.87. The minimum atomic E-state index is -0.874. The van der Waals surface area contributed by atoms with Crippen LogP contribution in [0.2, 0.25) is 0 Å². The summed E-state index contributed by atoms with van der Waals surface area (Å²) in [6.07, 6.45) is 3.79. The van der Waals surface area contributed by atoms with Crippen LogP contribution in [0.5, 0.6) is 5.88 Å². The van der Waals surface area contributed by atoms with E-state index in [0.29, 0.717) is 34.6 Å². The maximum absolute atomic E-state index is 14.8. The normalized spacial score (nSPS) is 18.9. The lowest BCUT2D eigenvalue weighted by Gasteiger charge is -2.34. The second kappa shape index (κ2) is 9.14. The van der Waals surface area contributed by atoms with E-state index >= 15 is 0 Å². The van der Waals surface area contributed by atoms with E-state index in [1.54, 1.807) is 31.3 Å². The molecule has 172 valence electrons. The smallest absolute Gasteiger partial charge is 0.264 e. The van der Waals surface area contributed by atoms with Crippen LogP contribution in [0.1, 0.15) is 35.5 Å². The van der Waals surface area contributed by atoms with E-state index in [2.05, 4.69) is 25.1 Å². The zero-order valence-corrected chi connectivity index (χ0v) is 18.9. The zero-order valence-electron chi connectivity index (χ0n) is 18.1. The quantitative estimate of drug-likeness (QED) is 0.537. The van der Waals surface area contributed by atoms with Crippen LogP contribution in [0, 0.1) is 12.7 Å². The van der Waals surface area contributed by atoms with Crippen molar-refractivity contribution in [3.8, 4) is 5.88 Å². The first-order chi connectivity index (χ1) is 15.7. The van der Waals surface area contributed by atoms with Crippen LogP contribution < -0.4 is 10.5 Å². The molecule has 2 aromatic heterocycles. The Morgan fingerprint density at radius 2 is 2.18 bits per heavy atom. The van der Waals surface area contributed by atoms with Crippen LogP contribution >= 0.6 is 11.9 Å². The van der Waals surface area contributed by atoms with E-state index in [1.165, 1.54) is 42.6 Å². The van der Waals surface area contributed by atoms with Crippen molar-refractivity contribution in [1.29, 1.82) is 0 Å². The number of aryl methyl sites for hydroxylation is 1. The fourth-order valence-electron chi connectivity index (χ4n) is 3.10. The summed E-state index contributed by atoms with van der Waals surface area (Å²) in [4.78, 5) is 16.5. The fraction of sp³-hybridized carbons (Fsp3) is 0.286. The Morgan fingerprint density at radius 3 is 2.85 bits per heavy atom. The SMILES string of the molecule is Cc1noc(COc2cnc(C(F)=Cc3ccc(F)c(C4(C)CSN(C)C(N)=N4)c3)cn2)n1. The van der Waals surface area contributed by atoms with Gasteiger partial charge in [0, 0.05) is 18.4 Å². The second-order valence-electron chi connectivity index (χ2n) is 7.51. The van der Waals surface area contributed by atoms with E-state index in [0.717, 1.165) is 0 Å². The standard InChI is InChI=1S/C21H21F2N7O2S/c1-12-27-19(32-29-12)10-31-18-9-25-17(8-26-18)16(23)7-13-4-5-15(22)14(6-13)21(2)11-33-30(3)20(24)28-21/h4-9H,10-11H2,1-3H3,(H2,24,28). The number of aliphatic imine (C=N–C) groups is 1. The number of halogens is 2. The van der Waals surface area contributed by atoms with Crippen LogP contribution in [-0.4, -0.2) is 43.2 Å². The van der Waals surface area contributed by atoms with Crippen molar-refractivity contribution in [2.24, 2.45) is 10.7 Å². The summed E-state index contributed by atoms with van der Waals surface area (Å²) in [5, 5.41) is 3.66. The van der Waals surface area contributed by atoms with Gasteiger partial charge in [0.15, 0.2) is 18.3 Å². The fourth-order valence-corrected chi connectivity index (χ4v) is 3.93. The first-order valence-corrected chi connectivity index (χ1v) is 10.8. The van der Waals surface area contributed by atoms with Gasteiger partial charge in [-0.2, -0.15) is 4.98 Å². The molecule has 4 rings (SSSR count). The molecule has 1 atom stereocenters. The molecule has 0 saturated heterocycles. The molecule has 0 aliphatic carbocycles. The highest BCUT2D eigenvalue weighted by Gasteiger charge is 2.34. The van der Waals surface area contributed by atoms with Crippen molar-refractivity contribution in [3.63, 3.8) is 0 Å². The molecule has 3 heterocycles. The molecule has 2 N–H and O–H groups in total. The van der Waals surface area contributed by atoms with Gasteiger partial charge in [0.2, 0.25) is 11.8 Å². The molecule has 9 nitrogen and oxygen atoms in total. The molecule has 12 heteroatoms. The van der Waals surface area contributed by atoms with Gasteiger partial charge in [-0.1, -0.05) is 11.2 Å². The lowest BCUT2D eigenvalue weighted by molar-refractivity contribution is 0.234. The van der Waals surface area contributed by atoms with Crippen LogP contribution in [0.3, 0.4) is 0 Å². The van der Waals surface area contributed by atoms with Crippen molar-refractivity contribution >= 4 is 29.8 Å². The largest absolute Gasteiger partial charge is 0.466 e. The summed E-state index contributed by atoms with van der Waals surface area (Å²) in [6, 6.07) is 4.33. The Bertz CT molecular complexity index is 1220. The van der Waals surface area contributed by atoms with Gasteiger partial charge in [0.1, 0.15) is 17.1 Å². The molecule has 0 radical (unpaired) electrons. The monoisotopic (exact) mass is 473 g/mol. The number of ether oxygens (including phenoxy) is 1. The molecule has 1 aliphatic rings. The maximum Gasteiger partial charge on any atom is 0.264 e. The predicted molar refractivity (Wildman–Crippen MR) is 120 cm³/mol. The maximum atomic E-state index is 14.8. The van der Waals surface area contributed by atoms with Gasteiger partial charge < -0.3 is 15.0 Å². The number of nitrogens with zero attached hydrogens (tertiary/aromatic N) is 6. The predicted octanol–water partition coefficient (Wildman–Crippen LogP) is 3.48. The molecular formula is C21H21F2N7O2S. The summed E-state index contributed by atoms with van der Waals surface area (Å²) < 4.78 is 41.5. The average Bonchev–Trinajstić information content (AvgIpc) is 3.22. The molecule has 0 fully saturated rings. The van der Waals surface area contributed by atoms with Crippen LogP contribution in [0.15, 0.2) is 40.1 Å². The summed E-state index contributed by atoms with van der Waals surface area (Å²) in [5.74, 6) is 0.679. The lowest BCUT2D eigenvalue weighted by atomic mass is 9.92. The molecule has 3 aromatic rings. The molecule has 1 aliphatic heterocycles. The molecule has 0 saturated carbocycles. The number of rotatable bonds is 6. The first-order valence-electron chi connectivity index (χ1n) is 9.87. The summed E-state index contributed by atoms with van der Waals surface area (Å²) in [6.45, 7) is 3.50. The number of guanidine groups is 1. The van der Waals surface area contributed by atoms with Crippen molar-refractivity contribution in [2.75, 3.05) is 12.8 Å². The molecule has 0 amide bonds. The molecule has 1 unspecified atom stereocenters. The number of hydrogen-bond donors (Lipinski definition) is 1. The highest BCUT2D eigenvalue weighted by atomic mass is 32.2. The summed E-state index contributed by atoms with van der Waals surface area (Å²) in [7, 11) is 1.79. The highest BCUT2D eigenvalue weighted by Crippen LogP contribution is 2.36. The Morgan fingerprint density at radius 1 is 1.36 bits per heavy atom. The highest BCUT2D eigenvalue weighted by molar-refractivity contribution is 7.97. The van der Waals surface area contributed by atoms with Gasteiger partial charge in [-0.05, 0) is 49.6 Å². The molecular weight excluding hydrogens is 452 g/mol. The minimum absolute atomic E-state index is 0.00480. The number of hydrogen-bond acceptors (Lipinski definition) is 10. The second-order valence-corrected chi connectivity index (χ2v) is 8.60. The van der Waals surface area contributed by atoms with Crippen LogP contribution in [-0.2, 0) is 12.1 Å². The van der Waals surface area contributed by atoms with Gasteiger partial charge in [-0.25, -0.2) is 23.7 Å². The summed E-state index contributed by atoms with van der Waals surface area (Å²) in [5.41, 5.74) is 5.85. The Balaban J connectivity index is 1.51. The van der Waals surface area contributed by atoms with Crippen molar-refractivity contribution < 1.29 is 18.0 Å². The van der Waals surface area contributed by atoms with Gasteiger partial charge in [0.25, 0.3) is 5.89 Å². The Kier molecular flexibility index (Phi) is 6.27. The molecule has 1 aromatic carbocycles. The van der Waals surface area contributed by atoms with Crippen molar-refractivity contribution in [2.45, 2.75) is 26.0 Å². The van der Waals surface area contributed by atoms with Gasteiger partial charge in [-0.3, -0.25) is 4.31 Å². The molecule has 0 spiro atoms. The Labute approximate surface area is 192 Å². The zero-order chi connectivity index (χ0) is 23.6. The Hall–Kier alpha value is -3.54. The van der Waals surface area contributed by atoms with Gasteiger partial charge in [0.05, 0.1) is 12.4 Å². The first kappa shape index (κ1) is 22.6. The molecule has 33 heavy (non-hydrogen) atoms. The van der Waals surface area contributed by atoms with Gasteiger partial charge in [-0.15, -0.1) is 0 Å². The molecule has 0 bridgehead atoms. The van der Waals surface area contributed by atoms with Gasteiger partial charge >= 0.3 is 0 Å². The average molecular weight is 474 g/mol. The number of aromatic nitrogens is 4. The number of nitrogens with two attached hydrogens (primary N) is 1. The van der Waals surface area contributed by atoms with E-state index < -0.39 is 17.2 Å². The van der Waals surface area contributed by atoms with E-state index in [9.17, 15) is 8.78 Å². The van der Waals surface area contributed by atoms with E-state index in [4.69, 9.17) is 15.0 Å². The minimum Gasteiger partial charge on any atom is -0.466 e. The third-order valence-corrected chi connectivity index (χ3v) is 6.14. The summed E-state index contributed by atoms with van der Waals surface area (Å²) >= 11 is 1.44. The van der Waals surface area contributed by atoms with E-state index in [1.807, 2.05) is 0 Å². The van der Waals surface area contributed by atoms with Crippen molar-refractivity contribution in [1.82, 2.24) is 24.4 Å². The van der Waals surface area contributed by atoms with Crippen molar-refractivity contribution in [3.05, 3.63) is 64.9 Å².